The van der Waals surface area contributed by atoms with Crippen LogP contribution in [0.1, 0.15) is 18.5 Å². The van der Waals surface area contributed by atoms with Gasteiger partial charge in [-0.05, 0) is 48.9 Å². The summed E-state index contributed by atoms with van der Waals surface area (Å²) in [5.41, 5.74) is 1.90. The van der Waals surface area contributed by atoms with E-state index in [2.05, 4.69) is 20.5 Å². The number of nitrogens with zero attached hydrogens (tertiary/aromatic N) is 2. The zero-order chi connectivity index (χ0) is 19.2. The zero-order valence-electron chi connectivity index (χ0n) is 14.9. The Balaban J connectivity index is 1.53. The Kier molecular flexibility index (Phi) is 6.36. The van der Waals surface area contributed by atoms with Gasteiger partial charge in [-0.1, -0.05) is 35.5 Å². The van der Waals surface area contributed by atoms with Crippen LogP contribution in [0.25, 0.3) is 11.4 Å². The molecule has 1 heterocycles. The van der Waals surface area contributed by atoms with Gasteiger partial charge in [-0.3, -0.25) is 9.89 Å². The number of thioether (sulfide) groups is 1. The molecular formula is C19H19ClN4O2S. The molecule has 3 rings (SSSR count). The van der Waals surface area contributed by atoms with Gasteiger partial charge in [0.25, 0.3) is 0 Å². The topological polar surface area (TPSA) is 79.9 Å². The molecule has 27 heavy (non-hydrogen) atoms. The number of hydrogen-bond donors (Lipinski definition) is 2. The van der Waals surface area contributed by atoms with Crippen molar-refractivity contribution in [2.24, 2.45) is 0 Å². The van der Waals surface area contributed by atoms with Crippen LogP contribution in [0, 0.1) is 0 Å². The maximum Gasteiger partial charge on any atom is 0.230 e. The van der Waals surface area contributed by atoms with Crippen LogP contribution < -0.4 is 10.1 Å². The van der Waals surface area contributed by atoms with Crippen LogP contribution in [-0.4, -0.2) is 34.0 Å². The number of aromatic nitrogens is 3. The van der Waals surface area contributed by atoms with Crippen molar-refractivity contribution < 1.29 is 9.53 Å². The van der Waals surface area contributed by atoms with Gasteiger partial charge in [-0.25, -0.2) is 4.98 Å². The van der Waals surface area contributed by atoms with Crippen molar-refractivity contribution in [3.05, 3.63) is 59.1 Å². The van der Waals surface area contributed by atoms with Crippen LogP contribution in [0.3, 0.4) is 0 Å². The summed E-state index contributed by atoms with van der Waals surface area (Å²) in [6, 6.07) is 14.8. The Bertz CT molecular complexity index is 897. The molecule has 1 aromatic heterocycles. The number of amides is 1. The molecule has 0 aliphatic carbocycles. The van der Waals surface area contributed by atoms with E-state index in [-0.39, 0.29) is 17.7 Å². The fraction of sp³-hybridized carbons (Fsp3) is 0.211. The predicted molar refractivity (Wildman–Crippen MR) is 107 cm³/mol. The molecule has 1 amide bonds. The first-order valence-electron chi connectivity index (χ1n) is 8.29. The van der Waals surface area contributed by atoms with Crippen molar-refractivity contribution in [1.29, 1.82) is 0 Å². The number of carbonyl (C=O) groups excluding carboxylic acids is 1. The molecule has 1 atom stereocenters. The van der Waals surface area contributed by atoms with Crippen LogP contribution in [0.2, 0.25) is 5.02 Å². The van der Waals surface area contributed by atoms with E-state index in [0.717, 1.165) is 16.9 Å². The lowest BCUT2D eigenvalue weighted by Crippen LogP contribution is -2.28. The van der Waals surface area contributed by atoms with E-state index in [1.807, 2.05) is 55.5 Å². The third-order valence-corrected chi connectivity index (χ3v) is 5.01. The Morgan fingerprint density at radius 3 is 2.59 bits per heavy atom. The van der Waals surface area contributed by atoms with E-state index >= 15 is 0 Å². The highest BCUT2D eigenvalue weighted by atomic mass is 35.5. The third kappa shape index (κ3) is 5.24. The van der Waals surface area contributed by atoms with E-state index in [0.29, 0.717) is 16.0 Å². The first-order valence-corrected chi connectivity index (χ1v) is 9.66. The third-order valence-electron chi connectivity index (χ3n) is 3.91. The Morgan fingerprint density at radius 1 is 1.22 bits per heavy atom. The van der Waals surface area contributed by atoms with Crippen LogP contribution >= 0.6 is 23.4 Å². The van der Waals surface area contributed by atoms with Gasteiger partial charge in [0.15, 0.2) is 5.82 Å². The highest BCUT2D eigenvalue weighted by molar-refractivity contribution is 7.99. The van der Waals surface area contributed by atoms with Crippen molar-refractivity contribution in [2.45, 2.75) is 18.1 Å². The standard InChI is InChI=1S/C19H19ClN4O2S/c1-12(13-3-7-15(20)8-4-13)21-17(25)11-27-19-22-18(23-24-19)14-5-9-16(26-2)10-6-14/h3-10,12H,11H2,1-2H3,(H,21,25)(H,22,23,24)/t12-/m1/s1. The smallest absolute Gasteiger partial charge is 0.230 e. The van der Waals surface area contributed by atoms with Crippen LogP contribution in [0.5, 0.6) is 5.75 Å². The van der Waals surface area contributed by atoms with E-state index < -0.39 is 0 Å². The SMILES string of the molecule is COc1ccc(-c2nc(SCC(=O)N[C@H](C)c3ccc(Cl)cc3)n[nH]2)cc1. The number of ether oxygens (including phenoxy) is 1. The van der Waals surface area contributed by atoms with Crippen LogP contribution in [-0.2, 0) is 4.79 Å². The average Bonchev–Trinajstić information content (AvgIpc) is 3.16. The van der Waals surface area contributed by atoms with E-state index in [4.69, 9.17) is 16.3 Å². The number of hydrogen-bond acceptors (Lipinski definition) is 5. The number of aromatic amines is 1. The first-order chi connectivity index (χ1) is 13.0. The van der Waals surface area contributed by atoms with Gasteiger partial charge >= 0.3 is 0 Å². The molecule has 2 aromatic carbocycles. The van der Waals surface area contributed by atoms with Gasteiger partial charge in [0.1, 0.15) is 5.75 Å². The van der Waals surface area contributed by atoms with Crippen molar-refractivity contribution in [3.63, 3.8) is 0 Å². The van der Waals surface area contributed by atoms with Gasteiger partial charge in [0.2, 0.25) is 11.1 Å². The second-order valence-corrected chi connectivity index (χ2v) is 7.20. The molecule has 0 unspecified atom stereocenters. The number of methoxy groups -OCH3 is 1. The number of H-pyrrole nitrogens is 1. The van der Waals surface area contributed by atoms with Gasteiger partial charge in [-0.2, -0.15) is 0 Å². The minimum absolute atomic E-state index is 0.0850. The lowest BCUT2D eigenvalue weighted by molar-refractivity contribution is -0.119. The molecule has 3 aromatic rings. The second-order valence-electron chi connectivity index (χ2n) is 5.82. The Hall–Kier alpha value is -2.51. The minimum Gasteiger partial charge on any atom is -0.497 e. The van der Waals surface area contributed by atoms with E-state index in [1.165, 1.54) is 11.8 Å². The van der Waals surface area contributed by atoms with Gasteiger partial charge in [-0.15, -0.1) is 5.10 Å². The molecule has 0 radical (unpaired) electrons. The van der Waals surface area contributed by atoms with Crippen molar-refractivity contribution in [2.75, 3.05) is 12.9 Å². The molecule has 0 spiro atoms. The quantitative estimate of drug-likeness (QED) is 0.581. The summed E-state index contributed by atoms with van der Waals surface area (Å²) in [6.45, 7) is 1.93. The average molecular weight is 403 g/mol. The molecule has 0 fully saturated rings. The van der Waals surface area contributed by atoms with Gasteiger partial charge < -0.3 is 10.1 Å². The molecule has 0 saturated carbocycles. The summed E-state index contributed by atoms with van der Waals surface area (Å²) in [6.07, 6.45) is 0. The molecule has 0 aliphatic rings. The molecule has 6 nitrogen and oxygen atoms in total. The first kappa shape index (κ1) is 19.3. The van der Waals surface area contributed by atoms with Crippen LogP contribution in [0.15, 0.2) is 53.7 Å². The fourth-order valence-electron chi connectivity index (χ4n) is 2.44. The molecule has 140 valence electrons. The number of rotatable bonds is 7. The lowest BCUT2D eigenvalue weighted by atomic mass is 10.1. The van der Waals surface area contributed by atoms with Crippen molar-refractivity contribution >= 4 is 29.3 Å². The second kappa shape index (κ2) is 8.92. The molecular weight excluding hydrogens is 384 g/mol. The summed E-state index contributed by atoms with van der Waals surface area (Å²) in [7, 11) is 1.62. The number of nitrogens with one attached hydrogen (secondary N) is 2. The minimum atomic E-state index is -0.0997. The van der Waals surface area contributed by atoms with Crippen LogP contribution in [0.4, 0.5) is 0 Å². The molecule has 0 bridgehead atoms. The van der Waals surface area contributed by atoms with Crippen molar-refractivity contribution in [1.82, 2.24) is 20.5 Å². The highest BCUT2D eigenvalue weighted by Gasteiger charge is 2.12. The number of benzene rings is 2. The summed E-state index contributed by atoms with van der Waals surface area (Å²) in [4.78, 5) is 16.6. The Morgan fingerprint density at radius 2 is 1.93 bits per heavy atom. The summed E-state index contributed by atoms with van der Waals surface area (Å²) in [5, 5.41) is 11.2. The van der Waals surface area contributed by atoms with Gasteiger partial charge in [0.05, 0.1) is 18.9 Å². The van der Waals surface area contributed by atoms with Gasteiger partial charge in [0, 0.05) is 10.6 Å². The normalized spacial score (nSPS) is 11.8. The van der Waals surface area contributed by atoms with Crippen molar-refractivity contribution in [3.8, 4) is 17.1 Å². The molecule has 0 aliphatic heterocycles. The van der Waals surface area contributed by atoms with E-state index in [1.54, 1.807) is 7.11 Å². The molecule has 0 saturated heterocycles. The molecule has 2 N–H and O–H groups in total. The fourth-order valence-corrected chi connectivity index (χ4v) is 3.17. The maximum atomic E-state index is 12.2. The zero-order valence-corrected chi connectivity index (χ0v) is 16.5. The number of carbonyl (C=O) groups is 1. The lowest BCUT2D eigenvalue weighted by Gasteiger charge is -2.13. The van der Waals surface area contributed by atoms with E-state index in [9.17, 15) is 4.79 Å². The molecule has 8 heteroatoms. The largest absolute Gasteiger partial charge is 0.497 e. The predicted octanol–water partition coefficient (Wildman–Crippen LogP) is 4.10. The number of halogens is 1. The summed E-state index contributed by atoms with van der Waals surface area (Å²) >= 11 is 7.17. The summed E-state index contributed by atoms with van der Waals surface area (Å²) < 4.78 is 5.14. The maximum absolute atomic E-state index is 12.2. The summed E-state index contributed by atoms with van der Waals surface area (Å²) in [5.74, 6) is 1.57. The Labute approximate surface area is 166 Å². The highest BCUT2D eigenvalue weighted by Crippen LogP contribution is 2.22. The monoisotopic (exact) mass is 402 g/mol.